The molecule has 6 nitrogen and oxygen atoms in total. The van der Waals surface area contributed by atoms with Gasteiger partial charge in [0.25, 0.3) is 0 Å². The lowest BCUT2D eigenvalue weighted by Crippen LogP contribution is -2.38. The molecule has 0 spiro atoms. The summed E-state index contributed by atoms with van der Waals surface area (Å²) in [6, 6.07) is 7.97. The lowest BCUT2D eigenvalue weighted by atomic mass is 9.92. The number of carbonyl (C=O) groups is 1. The number of hydrogen-bond acceptors (Lipinski definition) is 5. The van der Waals surface area contributed by atoms with Gasteiger partial charge in [0.1, 0.15) is 5.76 Å². The largest absolute Gasteiger partial charge is 0.481 e. The summed E-state index contributed by atoms with van der Waals surface area (Å²) in [5.74, 6) is 0.769. The molecular weight excluding hydrogens is 320 g/mol. The van der Waals surface area contributed by atoms with Crippen LogP contribution in [0, 0.1) is 5.92 Å². The Kier molecular flexibility index (Phi) is 4.44. The van der Waals surface area contributed by atoms with Gasteiger partial charge in [-0.2, -0.15) is 0 Å². The van der Waals surface area contributed by atoms with Crippen LogP contribution in [0.25, 0.3) is 0 Å². The minimum Gasteiger partial charge on any atom is -0.481 e. The van der Waals surface area contributed by atoms with Crippen molar-refractivity contribution in [3.63, 3.8) is 0 Å². The Hall–Kier alpha value is -2.34. The molecule has 1 saturated heterocycles. The summed E-state index contributed by atoms with van der Waals surface area (Å²) < 4.78 is 11.4. The predicted octanol–water partition coefficient (Wildman–Crippen LogP) is 2.83. The highest BCUT2D eigenvalue weighted by atomic mass is 16.5. The summed E-state index contributed by atoms with van der Waals surface area (Å²) in [4.78, 5) is 18.0. The first kappa shape index (κ1) is 16.1. The quantitative estimate of drug-likeness (QED) is 0.921. The van der Waals surface area contributed by atoms with Crippen LogP contribution in [0.15, 0.2) is 34.9 Å². The number of aliphatic carboxylic acids is 1. The van der Waals surface area contributed by atoms with Gasteiger partial charge >= 0.3 is 5.97 Å². The molecule has 2 aromatic rings. The first-order valence-corrected chi connectivity index (χ1v) is 8.78. The van der Waals surface area contributed by atoms with Crippen molar-refractivity contribution < 1.29 is 19.1 Å². The van der Waals surface area contributed by atoms with Crippen LogP contribution < -0.4 is 4.90 Å². The van der Waals surface area contributed by atoms with Crippen LogP contribution in [0.3, 0.4) is 0 Å². The number of benzene rings is 1. The molecule has 3 heterocycles. The van der Waals surface area contributed by atoms with E-state index < -0.39 is 11.9 Å². The summed E-state index contributed by atoms with van der Waals surface area (Å²) in [6.07, 6.45) is 4.31. The maximum atomic E-state index is 11.5. The van der Waals surface area contributed by atoms with Crippen LogP contribution in [0.4, 0.5) is 5.69 Å². The van der Waals surface area contributed by atoms with Gasteiger partial charge in [0.05, 0.1) is 18.7 Å². The molecule has 1 fully saturated rings. The highest BCUT2D eigenvalue weighted by Crippen LogP contribution is 2.32. The third kappa shape index (κ3) is 3.39. The van der Waals surface area contributed by atoms with Crippen molar-refractivity contribution in [1.29, 1.82) is 0 Å². The molecule has 1 unspecified atom stereocenters. The minimum atomic E-state index is -0.755. The molecule has 25 heavy (non-hydrogen) atoms. The van der Waals surface area contributed by atoms with Crippen molar-refractivity contribution in [2.45, 2.75) is 31.7 Å². The van der Waals surface area contributed by atoms with Gasteiger partial charge in [0.15, 0.2) is 0 Å². The van der Waals surface area contributed by atoms with E-state index in [-0.39, 0.29) is 0 Å². The van der Waals surface area contributed by atoms with Crippen LogP contribution in [-0.2, 0) is 22.5 Å². The van der Waals surface area contributed by atoms with E-state index in [4.69, 9.17) is 9.15 Å². The second-order valence-corrected chi connectivity index (χ2v) is 6.79. The molecule has 1 aromatic carbocycles. The topological polar surface area (TPSA) is 75.8 Å². The smallest absolute Gasteiger partial charge is 0.308 e. The molecule has 0 amide bonds. The zero-order chi connectivity index (χ0) is 17.2. The number of rotatable bonds is 4. The normalized spacial score (nSPS) is 21.1. The van der Waals surface area contributed by atoms with Crippen molar-refractivity contribution in [1.82, 2.24) is 4.98 Å². The van der Waals surface area contributed by atoms with Crippen LogP contribution >= 0.6 is 0 Å². The third-order valence-electron chi connectivity index (χ3n) is 5.11. The van der Waals surface area contributed by atoms with E-state index in [1.54, 1.807) is 0 Å². The summed E-state index contributed by atoms with van der Waals surface area (Å²) in [5.41, 5.74) is 2.14. The van der Waals surface area contributed by atoms with Crippen molar-refractivity contribution in [3.05, 3.63) is 47.7 Å². The second-order valence-electron chi connectivity index (χ2n) is 6.79. The van der Waals surface area contributed by atoms with Crippen molar-refractivity contribution in [3.8, 4) is 0 Å². The Labute approximate surface area is 146 Å². The molecule has 0 bridgehead atoms. The maximum absolute atomic E-state index is 11.5. The van der Waals surface area contributed by atoms with Crippen LogP contribution in [0.2, 0.25) is 0 Å². The number of ether oxygens (including phenoxy) is 1. The highest BCUT2D eigenvalue weighted by molar-refractivity contribution is 5.73. The fourth-order valence-corrected chi connectivity index (χ4v) is 3.73. The number of carboxylic acid groups (broad SMARTS) is 1. The number of oxazole rings is 1. The molecule has 0 aliphatic carbocycles. The van der Waals surface area contributed by atoms with E-state index in [1.165, 1.54) is 0 Å². The second kappa shape index (κ2) is 6.88. The molecule has 0 radical (unpaired) electrons. The Bertz CT molecular complexity index is 751. The maximum Gasteiger partial charge on any atom is 0.308 e. The number of nitrogens with zero attached hydrogens (tertiary/aromatic N) is 2. The molecule has 6 heteroatoms. The Morgan fingerprint density at radius 2 is 2.08 bits per heavy atom. The number of hydrogen-bond donors (Lipinski definition) is 1. The van der Waals surface area contributed by atoms with Gasteiger partial charge < -0.3 is 19.2 Å². The van der Waals surface area contributed by atoms with Gasteiger partial charge in [0, 0.05) is 31.4 Å². The molecule has 1 atom stereocenters. The lowest BCUT2D eigenvalue weighted by Gasteiger charge is -2.33. The molecular formula is C19H22N2O4. The predicted molar refractivity (Wildman–Crippen MR) is 91.6 cm³/mol. The molecule has 1 aromatic heterocycles. The third-order valence-corrected chi connectivity index (χ3v) is 5.11. The Morgan fingerprint density at radius 1 is 1.28 bits per heavy atom. The molecule has 4 rings (SSSR count). The first-order chi connectivity index (χ1) is 12.2. The Balaban J connectivity index is 1.53. The molecule has 2 aliphatic heterocycles. The molecule has 1 N–H and O–H groups in total. The van der Waals surface area contributed by atoms with E-state index in [0.717, 1.165) is 43.1 Å². The molecule has 132 valence electrons. The number of fused-ring (bicyclic) bond motifs is 1. The van der Waals surface area contributed by atoms with Crippen molar-refractivity contribution >= 4 is 11.7 Å². The molecule has 0 saturated carbocycles. The zero-order valence-electron chi connectivity index (χ0n) is 14.1. The lowest BCUT2D eigenvalue weighted by molar-refractivity contribution is -0.141. The monoisotopic (exact) mass is 342 g/mol. The summed E-state index contributed by atoms with van der Waals surface area (Å²) >= 11 is 0. The molecule has 2 aliphatic rings. The van der Waals surface area contributed by atoms with Crippen molar-refractivity contribution in [2.24, 2.45) is 5.92 Å². The standard InChI is InChI=1S/C19H22N2O4/c22-19(23)15-9-14-3-1-2-4-16(14)21(11-15)12-18-20-10-17(25-18)13-5-7-24-8-6-13/h1-4,10,13,15H,5-9,11-12H2,(H,22,23). The van der Waals surface area contributed by atoms with E-state index >= 15 is 0 Å². The van der Waals surface area contributed by atoms with Gasteiger partial charge in [-0.3, -0.25) is 4.79 Å². The van der Waals surface area contributed by atoms with E-state index in [9.17, 15) is 9.90 Å². The van der Waals surface area contributed by atoms with Crippen molar-refractivity contribution in [2.75, 3.05) is 24.7 Å². The fourth-order valence-electron chi connectivity index (χ4n) is 3.73. The van der Waals surface area contributed by atoms with Gasteiger partial charge in [-0.1, -0.05) is 18.2 Å². The first-order valence-electron chi connectivity index (χ1n) is 8.78. The average molecular weight is 342 g/mol. The van der Waals surface area contributed by atoms with Crippen LogP contribution in [0.5, 0.6) is 0 Å². The van der Waals surface area contributed by atoms with E-state index in [0.29, 0.717) is 31.3 Å². The van der Waals surface area contributed by atoms with Crippen LogP contribution in [-0.4, -0.2) is 35.8 Å². The van der Waals surface area contributed by atoms with Gasteiger partial charge in [-0.05, 0) is 30.9 Å². The average Bonchev–Trinajstić information content (AvgIpc) is 3.11. The highest BCUT2D eigenvalue weighted by Gasteiger charge is 2.30. The number of para-hydroxylation sites is 1. The van der Waals surface area contributed by atoms with E-state index in [2.05, 4.69) is 9.88 Å². The van der Waals surface area contributed by atoms with Crippen LogP contribution in [0.1, 0.15) is 36.0 Å². The van der Waals surface area contributed by atoms with Gasteiger partial charge in [0.2, 0.25) is 5.89 Å². The van der Waals surface area contributed by atoms with Gasteiger partial charge in [-0.25, -0.2) is 4.98 Å². The minimum absolute atomic E-state index is 0.371. The Morgan fingerprint density at radius 3 is 2.88 bits per heavy atom. The summed E-state index contributed by atoms with van der Waals surface area (Å²) in [5, 5.41) is 9.44. The van der Waals surface area contributed by atoms with Gasteiger partial charge in [-0.15, -0.1) is 0 Å². The fraction of sp³-hybridized carbons (Fsp3) is 0.474. The summed E-state index contributed by atoms with van der Waals surface area (Å²) in [7, 11) is 0. The zero-order valence-corrected chi connectivity index (χ0v) is 14.1. The number of aromatic nitrogens is 1. The van der Waals surface area contributed by atoms with E-state index in [1.807, 2.05) is 30.5 Å². The summed E-state index contributed by atoms with van der Waals surface area (Å²) in [6.45, 7) is 2.49. The number of carboxylic acids is 1. The SMILES string of the molecule is O=C(O)C1Cc2ccccc2N(Cc2ncc(C3CCOCC3)o2)C1. The number of anilines is 1.